The number of thiocarbonyl (C=S) groups is 1. The van der Waals surface area contributed by atoms with Gasteiger partial charge in [-0.3, -0.25) is 4.79 Å². The first-order valence-corrected chi connectivity index (χ1v) is 8.58. The van der Waals surface area contributed by atoms with Crippen molar-refractivity contribution in [2.24, 2.45) is 0 Å². The van der Waals surface area contributed by atoms with E-state index in [4.69, 9.17) is 21.7 Å². The second-order valence-electron chi connectivity index (χ2n) is 5.95. The van der Waals surface area contributed by atoms with E-state index in [-0.39, 0.29) is 48.9 Å². The Morgan fingerprint density at radius 1 is 1.32 bits per heavy atom. The number of hydrogen-bond donors (Lipinski definition) is 1. The van der Waals surface area contributed by atoms with Crippen LogP contribution in [-0.4, -0.2) is 65.1 Å². The minimum absolute atomic E-state index is 0.0401. The summed E-state index contributed by atoms with van der Waals surface area (Å²) in [5.41, 5.74) is 0.388. The number of rotatable bonds is 6. The lowest BCUT2D eigenvalue weighted by molar-refractivity contribution is -0.130. The first kappa shape index (κ1) is 19.9. The van der Waals surface area contributed by atoms with Crippen LogP contribution >= 0.6 is 12.2 Å². The monoisotopic (exact) mass is 412 g/mol. The lowest BCUT2D eigenvalue weighted by Crippen LogP contribution is -2.29. The number of aromatic nitrogens is 3. The lowest BCUT2D eigenvalue weighted by Gasteiger charge is -2.20. The molecule has 1 aliphatic rings. The maximum atomic E-state index is 14.6. The molecule has 1 fully saturated rings. The molecule has 0 unspecified atom stereocenters. The van der Waals surface area contributed by atoms with E-state index in [0.717, 1.165) is 12.1 Å². The van der Waals surface area contributed by atoms with Crippen LogP contribution in [0.15, 0.2) is 18.3 Å². The highest BCUT2D eigenvalue weighted by molar-refractivity contribution is 7.80. The second-order valence-corrected chi connectivity index (χ2v) is 6.32. The molecule has 28 heavy (non-hydrogen) atoms. The van der Waals surface area contributed by atoms with E-state index < -0.39 is 11.6 Å². The van der Waals surface area contributed by atoms with Gasteiger partial charge < -0.3 is 24.6 Å². The fourth-order valence-electron chi connectivity index (χ4n) is 2.74. The van der Waals surface area contributed by atoms with Gasteiger partial charge >= 0.3 is 0 Å². The van der Waals surface area contributed by atoms with E-state index in [2.05, 4.69) is 15.6 Å². The highest BCUT2D eigenvalue weighted by Crippen LogP contribution is 2.28. The number of nitrogens with zero attached hydrogens (tertiary/aromatic N) is 5. The van der Waals surface area contributed by atoms with Gasteiger partial charge in [0.05, 0.1) is 38.8 Å². The summed E-state index contributed by atoms with van der Waals surface area (Å²) in [6.45, 7) is 0.216. The minimum atomic E-state index is -0.808. The van der Waals surface area contributed by atoms with Crippen molar-refractivity contribution in [3.8, 4) is 5.69 Å². The topological polar surface area (TPSA) is 84.8 Å². The molecule has 1 aromatic heterocycles. The molecule has 9 nitrogen and oxygen atoms in total. The number of carbonyl (C=O) groups is 1. The summed E-state index contributed by atoms with van der Waals surface area (Å²) in [6.07, 6.45) is 1.51. The van der Waals surface area contributed by atoms with E-state index in [0.29, 0.717) is 5.69 Å². The van der Waals surface area contributed by atoms with Crippen molar-refractivity contribution in [3.05, 3.63) is 35.7 Å². The largest absolute Gasteiger partial charge is 0.474 e. The van der Waals surface area contributed by atoms with E-state index in [1.165, 1.54) is 34.9 Å². The fraction of sp³-hybridized carbons (Fsp3) is 0.375. The zero-order chi connectivity index (χ0) is 20.3. The molecular weight excluding hydrogens is 394 g/mol. The third-order valence-corrected chi connectivity index (χ3v) is 4.34. The minimum Gasteiger partial charge on any atom is -0.474 e. The van der Waals surface area contributed by atoms with Crippen molar-refractivity contribution in [1.82, 2.24) is 25.2 Å². The maximum absolute atomic E-state index is 14.6. The molecule has 0 atom stereocenters. The van der Waals surface area contributed by atoms with E-state index in [9.17, 15) is 13.6 Å². The number of methoxy groups -OCH3 is 2. The van der Waals surface area contributed by atoms with Gasteiger partial charge in [0.25, 0.3) is 5.17 Å². The number of benzene rings is 1. The molecule has 1 N–H and O–H groups in total. The smallest absolute Gasteiger partial charge is 0.256 e. The highest BCUT2D eigenvalue weighted by Gasteiger charge is 2.31. The third kappa shape index (κ3) is 4.17. The van der Waals surface area contributed by atoms with Gasteiger partial charge in [-0.1, -0.05) is 5.21 Å². The molecule has 0 spiro atoms. The normalized spacial score (nSPS) is 13.9. The van der Waals surface area contributed by atoms with Crippen LogP contribution in [0.4, 0.5) is 14.5 Å². The van der Waals surface area contributed by atoms with Gasteiger partial charge in [-0.25, -0.2) is 13.5 Å². The average Bonchev–Trinajstić information content (AvgIpc) is 3.27. The van der Waals surface area contributed by atoms with Gasteiger partial charge in [0.15, 0.2) is 11.6 Å². The van der Waals surface area contributed by atoms with Crippen molar-refractivity contribution in [3.63, 3.8) is 0 Å². The first-order chi connectivity index (χ1) is 13.4. The quantitative estimate of drug-likeness (QED) is 0.697. The van der Waals surface area contributed by atoms with Crippen LogP contribution < -0.4 is 10.2 Å². The molecule has 12 heteroatoms. The summed E-state index contributed by atoms with van der Waals surface area (Å²) >= 11 is 4.86. The van der Waals surface area contributed by atoms with E-state index in [1.54, 1.807) is 0 Å². The Morgan fingerprint density at radius 2 is 2.04 bits per heavy atom. The zero-order valence-electron chi connectivity index (χ0n) is 15.2. The van der Waals surface area contributed by atoms with Gasteiger partial charge in [0, 0.05) is 19.2 Å². The van der Waals surface area contributed by atoms with Gasteiger partial charge in [-0.15, -0.1) is 5.10 Å². The Labute approximate surface area is 164 Å². The van der Waals surface area contributed by atoms with Gasteiger partial charge in [0.2, 0.25) is 5.91 Å². The molecule has 2 aromatic rings. The number of halogens is 2. The Hall–Kier alpha value is -2.86. The maximum Gasteiger partial charge on any atom is 0.256 e. The standard InChI is InChI=1S/C16H18F2N6O3S/c1-26-9-23-8-22(7-14(23)25)15-12(17)3-11(4-13(15)18)24-6-10(20-21-24)5-19-16(28)27-2/h3-4,6H,5,7-9H2,1-2H3,(H,19,28). The summed E-state index contributed by atoms with van der Waals surface area (Å²) in [7, 11) is 2.87. The fourth-order valence-corrected chi connectivity index (χ4v) is 2.82. The number of anilines is 1. The summed E-state index contributed by atoms with van der Waals surface area (Å²) in [5.74, 6) is -1.89. The molecule has 0 bridgehead atoms. The van der Waals surface area contributed by atoms with Crippen LogP contribution in [0, 0.1) is 11.6 Å². The van der Waals surface area contributed by atoms with Crippen LogP contribution in [0.25, 0.3) is 5.69 Å². The SMILES string of the molecule is COCN1CN(c2c(F)cc(-n3cc(CNC(=S)OC)nn3)cc2F)CC1=O. The molecule has 0 saturated carbocycles. The number of carbonyl (C=O) groups excluding carboxylic acids is 1. The Balaban J connectivity index is 1.78. The van der Waals surface area contributed by atoms with Gasteiger partial charge in [-0.05, 0) is 12.2 Å². The summed E-state index contributed by atoms with van der Waals surface area (Å²) in [5, 5.41) is 10.8. The lowest BCUT2D eigenvalue weighted by atomic mass is 10.2. The van der Waals surface area contributed by atoms with Crippen molar-refractivity contribution in [1.29, 1.82) is 0 Å². The first-order valence-electron chi connectivity index (χ1n) is 8.17. The van der Waals surface area contributed by atoms with Crippen molar-refractivity contribution < 1.29 is 23.0 Å². The van der Waals surface area contributed by atoms with Crippen LogP contribution in [0.3, 0.4) is 0 Å². The van der Waals surface area contributed by atoms with E-state index >= 15 is 0 Å². The van der Waals surface area contributed by atoms with Crippen molar-refractivity contribution in [2.45, 2.75) is 6.54 Å². The van der Waals surface area contributed by atoms with Crippen molar-refractivity contribution >= 4 is 29.0 Å². The number of amides is 1. The molecule has 0 radical (unpaired) electrons. The van der Waals surface area contributed by atoms with E-state index in [1.807, 2.05) is 0 Å². The third-order valence-electron chi connectivity index (χ3n) is 4.03. The molecule has 150 valence electrons. The Bertz CT molecular complexity index is 870. The molecule has 1 aromatic carbocycles. The van der Waals surface area contributed by atoms with Crippen LogP contribution in [0.5, 0.6) is 0 Å². The number of nitrogens with one attached hydrogen (secondary N) is 1. The molecule has 1 aliphatic heterocycles. The molecule has 2 heterocycles. The van der Waals surface area contributed by atoms with Crippen LogP contribution in [0.1, 0.15) is 5.69 Å². The van der Waals surface area contributed by atoms with Crippen molar-refractivity contribution in [2.75, 3.05) is 39.1 Å². The Morgan fingerprint density at radius 3 is 2.68 bits per heavy atom. The molecule has 1 amide bonds. The molecule has 3 rings (SSSR count). The summed E-state index contributed by atoms with van der Waals surface area (Å²) in [6, 6.07) is 2.26. The second kappa shape index (κ2) is 8.44. The van der Waals surface area contributed by atoms with Crippen LogP contribution in [-0.2, 0) is 20.8 Å². The predicted octanol–water partition coefficient (Wildman–Crippen LogP) is 0.776. The van der Waals surface area contributed by atoms with Gasteiger partial charge in [-0.2, -0.15) is 0 Å². The zero-order valence-corrected chi connectivity index (χ0v) is 16.0. The Kier molecular flexibility index (Phi) is 5.99. The van der Waals surface area contributed by atoms with Gasteiger partial charge in [0.1, 0.15) is 18.1 Å². The predicted molar refractivity (Wildman–Crippen MR) is 98.7 cm³/mol. The number of ether oxygens (including phenoxy) is 2. The molecule has 1 saturated heterocycles. The summed E-state index contributed by atoms with van der Waals surface area (Å²) < 4.78 is 40.3. The number of hydrogen-bond acceptors (Lipinski definition) is 7. The summed E-state index contributed by atoms with van der Waals surface area (Å²) in [4.78, 5) is 14.6. The van der Waals surface area contributed by atoms with Crippen LogP contribution in [0.2, 0.25) is 0 Å². The average molecular weight is 412 g/mol. The molecule has 0 aliphatic carbocycles. The highest BCUT2D eigenvalue weighted by atomic mass is 32.1. The molecular formula is C16H18F2N6O3S.